The van der Waals surface area contributed by atoms with Crippen LogP contribution in [-0.4, -0.2) is 34.4 Å². The van der Waals surface area contributed by atoms with Crippen LogP contribution in [0.4, 0.5) is 5.69 Å². The lowest BCUT2D eigenvalue weighted by atomic mass is 10.2. The monoisotopic (exact) mass is 338 g/mol. The Labute approximate surface area is 144 Å². The fourth-order valence-electron chi connectivity index (χ4n) is 2.24. The molecule has 0 aliphatic heterocycles. The number of aliphatic hydroxyl groups excluding tert-OH is 1. The van der Waals surface area contributed by atoms with Crippen molar-refractivity contribution in [3.05, 3.63) is 66.1 Å². The van der Waals surface area contributed by atoms with Crippen LogP contribution in [-0.2, 0) is 6.54 Å². The van der Waals surface area contributed by atoms with Gasteiger partial charge in [0, 0.05) is 23.4 Å². The molecular formula is C18H18N4O3. The van der Waals surface area contributed by atoms with Gasteiger partial charge in [0.05, 0.1) is 13.2 Å². The highest BCUT2D eigenvalue weighted by atomic mass is 16.4. The van der Waals surface area contributed by atoms with Crippen LogP contribution in [0.2, 0.25) is 0 Å². The zero-order chi connectivity index (χ0) is 17.5. The molecule has 2 aromatic carbocycles. The van der Waals surface area contributed by atoms with Gasteiger partial charge in [0.2, 0.25) is 11.8 Å². The van der Waals surface area contributed by atoms with Crippen molar-refractivity contribution in [3.8, 4) is 11.5 Å². The molecule has 128 valence electrons. The lowest BCUT2D eigenvalue weighted by Crippen LogP contribution is -2.26. The Kier molecular flexibility index (Phi) is 5.38. The third kappa shape index (κ3) is 4.42. The van der Waals surface area contributed by atoms with Crippen LogP contribution in [0.5, 0.6) is 0 Å². The van der Waals surface area contributed by atoms with Crippen LogP contribution < -0.4 is 10.6 Å². The number of hydrogen-bond acceptors (Lipinski definition) is 6. The van der Waals surface area contributed by atoms with E-state index in [0.29, 0.717) is 23.9 Å². The number of amides is 1. The molecule has 0 unspecified atom stereocenters. The van der Waals surface area contributed by atoms with E-state index in [1.807, 2.05) is 36.4 Å². The van der Waals surface area contributed by atoms with E-state index >= 15 is 0 Å². The van der Waals surface area contributed by atoms with E-state index < -0.39 is 0 Å². The largest absolute Gasteiger partial charge is 0.419 e. The number of carbonyl (C=O) groups excluding carboxylic acids is 1. The first-order chi connectivity index (χ1) is 12.3. The number of carbonyl (C=O) groups is 1. The first-order valence-electron chi connectivity index (χ1n) is 7.87. The molecule has 3 rings (SSSR count). The van der Waals surface area contributed by atoms with Gasteiger partial charge in [-0.15, -0.1) is 10.2 Å². The predicted molar refractivity (Wildman–Crippen MR) is 92.9 cm³/mol. The predicted octanol–water partition coefficient (Wildman–Crippen LogP) is 2.07. The molecule has 0 saturated carbocycles. The number of aromatic nitrogens is 2. The Hall–Kier alpha value is -3.19. The fraction of sp³-hybridized carbons (Fsp3) is 0.167. The molecule has 3 N–H and O–H groups in total. The molecule has 0 aliphatic rings. The SMILES string of the molecule is O=C(NCCO)c1cccc(NCc2nnc(-c3ccccc3)o2)c1. The van der Waals surface area contributed by atoms with E-state index in [4.69, 9.17) is 9.52 Å². The van der Waals surface area contributed by atoms with E-state index in [-0.39, 0.29) is 19.1 Å². The normalized spacial score (nSPS) is 10.4. The third-order valence-electron chi connectivity index (χ3n) is 3.45. The maximum absolute atomic E-state index is 11.9. The van der Waals surface area contributed by atoms with Crippen molar-refractivity contribution in [2.75, 3.05) is 18.5 Å². The Balaban J connectivity index is 1.62. The average molecular weight is 338 g/mol. The summed E-state index contributed by atoms with van der Waals surface area (Å²) in [6.45, 7) is 0.479. The summed E-state index contributed by atoms with van der Waals surface area (Å²) in [7, 11) is 0. The average Bonchev–Trinajstić information content (AvgIpc) is 3.14. The Morgan fingerprint density at radius 3 is 2.72 bits per heavy atom. The zero-order valence-electron chi connectivity index (χ0n) is 13.5. The summed E-state index contributed by atoms with van der Waals surface area (Å²) in [5.74, 6) is 0.686. The highest BCUT2D eigenvalue weighted by molar-refractivity contribution is 5.95. The molecule has 0 atom stereocenters. The van der Waals surface area contributed by atoms with Crippen molar-refractivity contribution in [3.63, 3.8) is 0 Å². The van der Waals surface area contributed by atoms with Crippen molar-refractivity contribution in [2.45, 2.75) is 6.54 Å². The number of anilines is 1. The molecule has 1 aromatic heterocycles. The highest BCUT2D eigenvalue weighted by Crippen LogP contribution is 2.18. The summed E-state index contributed by atoms with van der Waals surface area (Å²) in [6, 6.07) is 16.6. The van der Waals surface area contributed by atoms with Gasteiger partial charge in [-0.25, -0.2) is 0 Å². The summed E-state index contributed by atoms with van der Waals surface area (Å²) in [4.78, 5) is 11.9. The van der Waals surface area contributed by atoms with Crippen LogP contribution in [0, 0.1) is 0 Å². The Morgan fingerprint density at radius 1 is 1.08 bits per heavy atom. The van der Waals surface area contributed by atoms with Crippen molar-refractivity contribution in [2.24, 2.45) is 0 Å². The van der Waals surface area contributed by atoms with E-state index in [1.165, 1.54) is 0 Å². The molecule has 0 radical (unpaired) electrons. The summed E-state index contributed by atoms with van der Waals surface area (Å²) in [5.41, 5.74) is 2.13. The second kappa shape index (κ2) is 8.07. The van der Waals surface area contributed by atoms with Crippen LogP contribution in [0.1, 0.15) is 16.2 Å². The van der Waals surface area contributed by atoms with Crippen molar-refractivity contribution in [1.29, 1.82) is 0 Å². The maximum Gasteiger partial charge on any atom is 0.251 e. The molecule has 0 aliphatic carbocycles. The number of aliphatic hydroxyl groups is 1. The minimum atomic E-state index is -0.234. The number of hydrogen-bond donors (Lipinski definition) is 3. The van der Waals surface area contributed by atoms with Crippen molar-refractivity contribution >= 4 is 11.6 Å². The lowest BCUT2D eigenvalue weighted by molar-refractivity contribution is 0.0945. The Bertz CT molecular complexity index is 833. The molecule has 0 fully saturated rings. The minimum Gasteiger partial charge on any atom is -0.419 e. The molecule has 0 spiro atoms. The highest BCUT2D eigenvalue weighted by Gasteiger charge is 2.09. The van der Waals surface area contributed by atoms with E-state index in [0.717, 1.165) is 11.3 Å². The number of nitrogens with zero attached hydrogens (tertiary/aromatic N) is 2. The molecular weight excluding hydrogens is 320 g/mol. The summed E-state index contributed by atoms with van der Waals surface area (Å²) in [6.07, 6.45) is 0. The maximum atomic E-state index is 11.9. The fourth-order valence-corrected chi connectivity index (χ4v) is 2.24. The summed E-state index contributed by atoms with van der Waals surface area (Å²) in [5, 5.41) is 22.6. The molecule has 0 bridgehead atoms. The first-order valence-corrected chi connectivity index (χ1v) is 7.87. The van der Waals surface area contributed by atoms with Crippen LogP contribution in [0.3, 0.4) is 0 Å². The van der Waals surface area contributed by atoms with Gasteiger partial charge in [-0.2, -0.15) is 0 Å². The van der Waals surface area contributed by atoms with Gasteiger partial charge >= 0.3 is 0 Å². The van der Waals surface area contributed by atoms with Crippen LogP contribution in [0.15, 0.2) is 59.0 Å². The zero-order valence-corrected chi connectivity index (χ0v) is 13.5. The molecule has 0 saturated heterocycles. The summed E-state index contributed by atoms with van der Waals surface area (Å²) >= 11 is 0. The second-order valence-corrected chi connectivity index (χ2v) is 5.28. The first kappa shape index (κ1) is 16.7. The summed E-state index contributed by atoms with van der Waals surface area (Å²) < 4.78 is 5.63. The molecule has 3 aromatic rings. The quantitative estimate of drug-likeness (QED) is 0.610. The van der Waals surface area contributed by atoms with E-state index in [2.05, 4.69) is 20.8 Å². The van der Waals surface area contributed by atoms with Gasteiger partial charge in [0.15, 0.2) is 0 Å². The van der Waals surface area contributed by atoms with Crippen LogP contribution >= 0.6 is 0 Å². The number of rotatable bonds is 7. The molecule has 7 nitrogen and oxygen atoms in total. The van der Waals surface area contributed by atoms with Gasteiger partial charge in [0.25, 0.3) is 5.91 Å². The van der Waals surface area contributed by atoms with Crippen LogP contribution in [0.25, 0.3) is 11.5 Å². The third-order valence-corrected chi connectivity index (χ3v) is 3.45. The van der Waals surface area contributed by atoms with Gasteiger partial charge in [0.1, 0.15) is 0 Å². The van der Waals surface area contributed by atoms with Gasteiger partial charge in [-0.1, -0.05) is 24.3 Å². The number of benzene rings is 2. The van der Waals surface area contributed by atoms with E-state index in [9.17, 15) is 4.79 Å². The molecule has 7 heteroatoms. The van der Waals surface area contributed by atoms with Gasteiger partial charge in [-0.05, 0) is 30.3 Å². The second-order valence-electron chi connectivity index (χ2n) is 5.28. The molecule has 1 heterocycles. The van der Waals surface area contributed by atoms with Crippen molar-refractivity contribution < 1.29 is 14.3 Å². The van der Waals surface area contributed by atoms with Crippen molar-refractivity contribution in [1.82, 2.24) is 15.5 Å². The van der Waals surface area contributed by atoms with Gasteiger partial charge < -0.3 is 20.2 Å². The molecule has 25 heavy (non-hydrogen) atoms. The Morgan fingerprint density at radius 2 is 1.92 bits per heavy atom. The lowest BCUT2D eigenvalue weighted by Gasteiger charge is -2.07. The molecule has 1 amide bonds. The smallest absolute Gasteiger partial charge is 0.251 e. The topological polar surface area (TPSA) is 100 Å². The number of nitrogens with one attached hydrogen (secondary N) is 2. The standard InChI is InChI=1S/C18H18N4O3/c23-10-9-19-17(24)14-7-4-8-15(11-14)20-12-16-21-22-18(25-16)13-5-2-1-3-6-13/h1-8,11,20,23H,9-10,12H2,(H,19,24). The van der Waals surface area contributed by atoms with Gasteiger partial charge in [-0.3, -0.25) is 4.79 Å². The van der Waals surface area contributed by atoms with E-state index in [1.54, 1.807) is 18.2 Å². The minimum absolute atomic E-state index is 0.0927.